The monoisotopic (exact) mass is 448 g/mol. The molecule has 1 N–H and O–H groups in total. The van der Waals surface area contributed by atoms with Crippen LogP contribution in [0, 0.1) is 0 Å². The molecule has 1 aliphatic rings. The van der Waals surface area contributed by atoms with E-state index in [1.807, 2.05) is 41.7 Å². The third-order valence-electron chi connectivity index (χ3n) is 4.79. The number of benzene rings is 2. The number of anilines is 1. The topological polar surface area (TPSA) is 35.9 Å². The minimum absolute atomic E-state index is 0.149. The molecule has 2 aromatic rings. The molecular weight excluding hydrogens is 425 g/mol. The fourth-order valence-electron chi connectivity index (χ4n) is 3.16. The van der Waals surface area contributed by atoms with Crippen molar-refractivity contribution in [3.63, 3.8) is 0 Å². The molecule has 2 aromatic carbocycles. The largest absolute Gasteiger partial charge is 0.427 e. The lowest BCUT2D eigenvalue weighted by molar-refractivity contribution is -0.255. The zero-order valence-electron chi connectivity index (χ0n) is 17.1. The van der Waals surface area contributed by atoms with Crippen molar-refractivity contribution in [3.8, 4) is 0 Å². The van der Waals surface area contributed by atoms with Crippen LogP contribution in [0.4, 0.5) is 18.9 Å². The quantitative estimate of drug-likeness (QED) is 0.449. The Balaban J connectivity index is 1.92. The molecule has 0 saturated heterocycles. The van der Waals surface area contributed by atoms with Crippen molar-refractivity contribution in [2.45, 2.75) is 16.7 Å². The number of allylic oxidation sites excluding steroid dienone is 1. The van der Waals surface area contributed by atoms with Crippen LogP contribution in [-0.4, -0.2) is 43.5 Å². The second-order valence-electron chi connectivity index (χ2n) is 6.84. The van der Waals surface area contributed by atoms with E-state index < -0.39 is 11.8 Å². The maximum absolute atomic E-state index is 14.2. The highest BCUT2D eigenvalue weighted by atomic mass is 32.2. The van der Waals surface area contributed by atoms with Gasteiger partial charge in [0.25, 0.3) is 0 Å². The molecule has 31 heavy (non-hydrogen) atoms. The maximum atomic E-state index is 14.2. The normalized spacial score (nSPS) is 15.5. The van der Waals surface area contributed by atoms with Gasteiger partial charge in [-0.15, -0.1) is 0 Å². The first kappa shape index (κ1) is 23.0. The molecule has 8 heteroatoms. The van der Waals surface area contributed by atoms with Gasteiger partial charge in [0.05, 0.1) is 6.61 Å². The van der Waals surface area contributed by atoms with Crippen LogP contribution in [0.25, 0.3) is 0 Å². The van der Waals surface area contributed by atoms with Gasteiger partial charge >= 0.3 is 6.18 Å². The molecule has 3 rings (SSSR count). The summed E-state index contributed by atoms with van der Waals surface area (Å²) in [5, 5.41) is 11.0. The van der Waals surface area contributed by atoms with Crippen LogP contribution < -0.4 is 4.31 Å². The van der Waals surface area contributed by atoms with E-state index in [-0.39, 0.29) is 24.4 Å². The second kappa shape index (κ2) is 9.66. The molecule has 4 nitrogen and oxygen atoms in total. The molecule has 1 aliphatic heterocycles. The molecule has 0 amide bonds. The Labute approximate surface area is 184 Å². The minimum Gasteiger partial charge on any atom is -0.383 e. The van der Waals surface area contributed by atoms with Crippen LogP contribution in [0.5, 0.6) is 0 Å². The van der Waals surface area contributed by atoms with Gasteiger partial charge in [0, 0.05) is 37.5 Å². The molecule has 1 heterocycles. The van der Waals surface area contributed by atoms with E-state index in [1.165, 1.54) is 48.4 Å². The number of methoxy groups -OCH3 is 1. The minimum atomic E-state index is -4.95. The Bertz CT molecular complexity index is 971. The zero-order chi connectivity index (χ0) is 22.5. The molecule has 0 bridgehead atoms. The summed E-state index contributed by atoms with van der Waals surface area (Å²) in [6, 6.07) is 15.4. The Morgan fingerprint density at radius 2 is 1.77 bits per heavy atom. The zero-order valence-corrected chi connectivity index (χ0v) is 18.0. The van der Waals surface area contributed by atoms with Crippen LogP contribution in [-0.2, 0) is 10.3 Å². The average molecular weight is 449 g/mol. The van der Waals surface area contributed by atoms with Gasteiger partial charge in [-0.2, -0.15) is 13.2 Å². The summed E-state index contributed by atoms with van der Waals surface area (Å²) >= 11 is 1.45. The van der Waals surface area contributed by atoms with Crippen molar-refractivity contribution in [1.82, 2.24) is 4.90 Å². The van der Waals surface area contributed by atoms with Gasteiger partial charge < -0.3 is 19.0 Å². The molecule has 1 unspecified atom stereocenters. The van der Waals surface area contributed by atoms with Crippen molar-refractivity contribution >= 4 is 17.6 Å². The highest BCUT2D eigenvalue weighted by molar-refractivity contribution is 8.00. The van der Waals surface area contributed by atoms with E-state index in [4.69, 9.17) is 4.74 Å². The number of hydrogen-bond acceptors (Lipinski definition) is 5. The average Bonchev–Trinajstić information content (AvgIpc) is 2.77. The summed E-state index contributed by atoms with van der Waals surface area (Å²) in [6.07, 6.45) is -0.561. The highest BCUT2D eigenvalue weighted by Gasteiger charge is 2.59. The molecule has 0 aliphatic carbocycles. The van der Waals surface area contributed by atoms with Crippen molar-refractivity contribution in [1.29, 1.82) is 0 Å². The van der Waals surface area contributed by atoms with E-state index >= 15 is 0 Å². The fraction of sp³-hybridized carbons (Fsp3) is 0.261. The predicted octanol–water partition coefficient (Wildman–Crippen LogP) is 5.09. The van der Waals surface area contributed by atoms with Crippen LogP contribution in [0.15, 0.2) is 89.3 Å². The lowest BCUT2D eigenvalue weighted by Gasteiger charge is -2.37. The summed E-state index contributed by atoms with van der Waals surface area (Å²) in [5.74, 6) is 0. The van der Waals surface area contributed by atoms with E-state index in [0.29, 0.717) is 5.69 Å². The first-order valence-corrected chi connectivity index (χ1v) is 10.3. The smallest absolute Gasteiger partial charge is 0.383 e. The molecule has 1 atom stereocenters. The van der Waals surface area contributed by atoms with E-state index in [2.05, 4.69) is 5.73 Å². The first-order chi connectivity index (χ1) is 14.8. The van der Waals surface area contributed by atoms with Gasteiger partial charge in [-0.25, -0.2) is 0 Å². The summed E-state index contributed by atoms with van der Waals surface area (Å²) in [7, 11) is 3.29. The fourth-order valence-corrected chi connectivity index (χ4v) is 3.98. The van der Waals surface area contributed by atoms with E-state index in [9.17, 15) is 18.3 Å². The second-order valence-corrected chi connectivity index (χ2v) is 8.05. The van der Waals surface area contributed by atoms with Gasteiger partial charge in [0.15, 0.2) is 0 Å². The standard InChI is InChI=1S/C23H23F3N2O2S/c1-27(31-20-8-4-3-5-9-20)19-13-11-18(12-14-19)22(29,23(24,25)26)21-10-6-7-15-28(21)16-17-30-2/h3-9,11-15,29H,16-17H2,1-2H3. The van der Waals surface area contributed by atoms with Gasteiger partial charge in [0.1, 0.15) is 5.70 Å². The van der Waals surface area contributed by atoms with Gasteiger partial charge in [0.2, 0.25) is 5.60 Å². The Morgan fingerprint density at radius 1 is 1.10 bits per heavy atom. The third kappa shape index (κ3) is 4.99. The highest BCUT2D eigenvalue weighted by Crippen LogP contribution is 2.46. The van der Waals surface area contributed by atoms with Gasteiger partial charge in [-0.1, -0.05) is 36.1 Å². The summed E-state index contributed by atoms with van der Waals surface area (Å²) in [6.45, 7) is 0.347. The lowest BCUT2D eigenvalue weighted by atomic mass is 9.88. The molecule has 164 valence electrons. The van der Waals surface area contributed by atoms with Gasteiger partial charge in [-0.3, -0.25) is 0 Å². The Morgan fingerprint density at radius 3 is 2.39 bits per heavy atom. The van der Waals surface area contributed by atoms with Crippen LogP contribution in [0.1, 0.15) is 5.56 Å². The van der Waals surface area contributed by atoms with Crippen molar-refractivity contribution in [2.75, 3.05) is 31.6 Å². The SMILES string of the molecule is COCCN1C=CC=C=C1C(O)(c1ccc(N(C)Sc2ccccc2)cc1)C(F)(F)F. The number of nitrogens with zero attached hydrogens (tertiary/aromatic N) is 2. The van der Waals surface area contributed by atoms with Crippen molar-refractivity contribution in [2.24, 2.45) is 0 Å². The van der Waals surface area contributed by atoms with E-state index in [1.54, 1.807) is 18.2 Å². The number of aliphatic hydroxyl groups is 1. The summed E-state index contributed by atoms with van der Waals surface area (Å²) < 4.78 is 49.4. The van der Waals surface area contributed by atoms with Gasteiger partial charge in [-0.05, 0) is 53.9 Å². The summed E-state index contributed by atoms with van der Waals surface area (Å²) in [4.78, 5) is 2.31. The van der Waals surface area contributed by atoms with Crippen LogP contribution in [0.3, 0.4) is 0 Å². The molecule has 0 radical (unpaired) electrons. The number of rotatable bonds is 8. The number of halogens is 3. The predicted molar refractivity (Wildman–Crippen MR) is 116 cm³/mol. The van der Waals surface area contributed by atoms with Crippen molar-refractivity contribution in [3.05, 3.63) is 89.9 Å². The number of hydrogen-bond donors (Lipinski definition) is 1. The molecule has 0 aromatic heterocycles. The lowest BCUT2D eigenvalue weighted by Crippen LogP contribution is -2.48. The first-order valence-electron chi connectivity index (χ1n) is 9.53. The van der Waals surface area contributed by atoms with E-state index in [0.717, 1.165) is 4.90 Å². The molecular formula is C23H23F3N2O2S. The van der Waals surface area contributed by atoms with Crippen LogP contribution >= 0.6 is 11.9 Å². The Hall–Kier alpha value is -2.64. The maximum Gasteiger partial charge on any atom is 0.427 e. The van der Waals surface area contributed by atoms with Crippen molar-refractivity contribution < 1.29 is 23.0 Å². The molecule has 0 fully saturated rings. The number of alkyl halides is 3. The molecule has 0 spiro atoms. The van der Waals surface area contributed by atoms with Crippen LogP contribution in [0.2, 0.25) is 0 Å². The molecule has 0 saturated carbocycles. The Kier molecular flexibility index (Phi) is 7.18. The summed E-state index contributed by atoms with van der Waals surface area (Å²) in [5.41, 5.74) is -0.603. The third-order valence-corrected chi connectivity index (χ3v) is 5.76. The number of ether oxygens (including phenoxy) is 1.